The quantitative estimate of drug-likeness (QED) is 0.719. The number of nitrogens with one attached hydrogen (secondary N) is 1. The summed E-state index contributed by atoms with van der Waals surface area (Å²) < 4.78 is 16.8. The Labute approximate surface area is 171 Å². The van der Waals surface area contributed by atoms with Crippen LogP contribution in [0.3, 0.4) is 0 Å². The van der Waals surface area contributed by atoms with Gasteiger partial charge in [-0.25, -0.2) is 9.78 Å². The predicted molar refractivity (Wildman–Crippen MR) is 112 cm³/mol. The molecular weight excluding hydrogens is 370 g/mol. The second-order valence-corrected chi connectivity index (χ2v) is 7.95. The van der Waals surface area contributed by atoms with Crippen molar-refractivity contribution in [1.82, 2.24) is 4.98 Å². The monoisotopic (exact) mass is 399 g/mol. The summed E-state index contributed by atoms with van der Waals surface area (Å²) in [6.07, 6.45) is 1.89. The molecule has 2 aromatic rings. The van der Waals surface area contributed by atoms with Crippen molar-refractivity contribution in [2.24, 2.45) is 11.7 Å². The zero-order valence-electron chi connectivity index (χ0n) is 17.4. The van der Waals surface area contributed by atoms with Crippen LogP contribution in [0.4, 0.5) is 10.6 Å². The number of benzene rings is 1. The van der Waals surface area contributed by atoms with Crippen molar-refractivity contribution in [3.05, 3.63) is 36.0 Å². The van der Waals surface area contributed by atoms with Crippen LogP contribution in [0.15, 0.2) is 30.5 Å². The Balaban J connectivity index is 1.74. The summed E-state index contributed by atoms with van der Waals surface area (Å²) in [4.78, 5) is 16.1. The number of carbonyl (C=O) groups is 1. The highest BCUT2D eigenvalue weighted by molar-refractivity contribution is 5.86. The fraction of sp³-hybridized carbons (Fsp3) is 0.455. The fourth-order valence-electron chi connectivity index (χ4n) is 3.23. The Morgan fingerprint density at radius 2 is 2.03 bits per heavy atom. The van der Waals surface area contributed by atoms with Crippen LogP contribution in [0.5, 0.6) is 11.5 Å². The van der Waals surface area contributed by atoms with E-state index in [0.29, 0.717) is 24.9 Å². The molecule has 0 spiro atoms. The number of nitrogens with two attached hydrogens (primary N) is 1. The van der Waals surface area contributed by atoms with Crippen LogP contribution < -0.4 is 20.5 Å². The van der Waals surface area contributed by atoms with Crippen LogP contribution in [0.25, 0.3) is 11.1 Å². The first kappa shape index (κ1) is 20.9. The molecule has 0 saturated carbocycles. The number of rotatable bonds is 7. The molecule has 0 radical (unpaired) electrons. The molecule has 156 valence electrons. The lowest BCUT2D eigenvalue weighted by Gasteiger charge is -2.22. The molecule has 29 heavy (non-hydrogen) atoms. The zero-order chi connectivity index (χ0) is 21.0. The van der Waals surface area contributed by atoms with Crippen molar-refractivity contribution < 1.29 is 19.0 Å². The molecule has 1 aliphatic rings. The van der Waals surface area contributed by atoms with E-state index in [4.69, 9.17) is 19.9 Å². The van der Waals surface area contributed by atoms with Gasteiger partial charge < -0.3 is 19.9 Å². The lowest BCUT2D eigenvalue weighted by Crippen LogP contribution is -2.29. The van der Waals surface area contributed by atoms with Crippen LogP contribution in [-0.2, 0) is 11.3 Å². The number of amides is 1. The average molecular weight is 399 g/mol. The molecule has 0 aliphatic carbocycles. The smallest absolute Gasteiger partial charge is 0.413 e. The number of fused-ring (bicyclic) bond motifs is 3. The van der Waals surface area contributed by atoms with E-state index in [1.54, 1.807) is 20.0 Å². The highest BCUT2D eigenvalue weighted by Crippen LogP contribution is 2.40. The molecule has 3 rings (SSSR count). The Bertz CT molecular complexity index is 867. The van der Waals surface area contributed by atoms with Crippen LogP contribution in [0, 0.1) is 5.92 Å². The van der Waals surface area contributed by atoms with Crippen LogP contribution in [0.2, 0.25) is 0 Å². The zero-order valence-corrected chi connectivity index (χ0v) is 17.4. The second kappa shape index (κ2) is 9.13. The van der Waals surface area contributed by atoms with Gasteiger partial charge in [0.25, 0.3) is 0 Å². The topological polar surface area (TPSA) is 95.7 Å². The molecule has 7 nitrogen and oxygen atoms in total. The van der Waals surface area contributed by atoms with Gasteiger partial charge in [0.2, 0.25) is 0 Å². The fourth-order valence-corrected chi connectivity index (χ4v) is 3.23. The standard InChI is InChI=1S/C22H29N3O4/c1-13(2)7-16(23)12-27-17-5-6-18-19-9-21(25-22(26)29-14(3)4)24-10-15(19)11-28-20(18)8-17/h5-6,8-10,13-14,16H,7,11-12,23H2,1-4H3,(H,24,25,26). The Morgan fingerprint density at radius 3 is 2.76 bits per heavy atom. The number of pyridine rings is 1. The van der Waals surface area contributed by atoms with E-state index in [9.17, 15) is 4.79 Å². The Hall–Kier alpha value is -2.80. The van der Waals surface area contributed by atoms with Crippen LogP contribution in [0.1, 0.15) is 39.7 Å². The first-order valence-corrected chi connectivity index (χ1v) is 9.94. The highest BCUT2D eigenvalue weighted by atomic mass is 16.6. The first-order chi connectivity index (χ1) is 13.8. The van der Waals surface area contributed by atoms with Crippen molar-refractivity contribution in [3.63, 3.8) is 0 Å². The summed E-state index contributed by atoms with van der Waals surface area (Å²) in [5.74, 6) is 2.42. The maximum absolute atomic E-state index is 11.9. The minimum atomic E-state index is -0.527. The van der Waals surface area contributed by atoms with E-state index in [0.717, 1.165) is 34.6 Å². The molecule has 7 heteroatoms. The van der Waals surface area contributed by atoms with Crippen molar-refractivity contribution in [2.75, 3.05) is 11.9 Å². The molecule has 1 amide bonds. The second-order valence-electron chi connectivity index (χ2n) is 7.95. The van der Waals surface area contributed by atoms with E-state index in [1.807, 2.05) is 24.3 Å². The van der Waals surface area contributed by atoms with Gasteiger partial charge in [0.15, 0.2) is 0 Å². The minimum Gasteiger partial charge on any atom is -0.492 e. The molecule has 1 atom stereocenters. The summed E-state index contributed by atoms with van der Waals surface area (Å²) in [7, 11) is 0. The Kier molecular flexibility index (Phi) is 6.59. The summed E-state index contributed by atoms with van der Waals surface area (Å²) in [5, 5.41) is 2.66. The van der Waals surface area contributed by atoms with E-state index < -0.39 is 6.09 Å². The molecule has 1 aliphatic heterocycles. The van der Waals surface area contributed by atoms with Crippen molar-refractivity contribution in [3.8, 4) is 22.6 Å². The Morgan fingerprint density at radius 1 is 1.24 bits per heavy atom. The highest BCUT2D eigenvalue weighted by Gasteiger charge is 2.20. The van der Waals surface area contributed by atoms with Crippen molar-refractivity contribution >= 4 is 11.9 Å². The number of ether oxygens (including phenoxy) is 3. The predicted octanol–water partition coefficient (Wildman–Crippen LogP) is 4.35. The maximum Gasteiger partial charge on any atom is 0.413 e. The molecule has 2 heterocycles. The largest absolute Gasteiger partial charge is 0.492 e. The van der Waals surface area contributed by atoms with Crippen LogP contribution >= 0.6 is 0 Å². The third-order valence-electron chi connectivity index (χ3n) is 4.42. The average Bonchev–Trinajstić information content (AvgIpc) is 2.64. The summed E-state index contributed by atoms with van der Waals surface area (Å²) in [6, 6.07) is 7.56. The summed E-state index contributed by atoms with van der Waals surface area (Å²) >= 11 is 0. The van der Waals surface area contributed by atoms with E-state index >= 15 is 0 Å². The molecular formula is C22H29N3O4. The van der Waals surface area contributed by atoms with Gasteiger partial charge in [-0.15, -0.1) is 0 Å². The number of carbonyl (C=O) groups excluding carboxylic acids is 1. The van der Waals surface area contributed by atoms with Gasteiger partial charge in [0.1, 0.15) is 30.5 Å². The van der Waals surface area contributed by atoms with Gasteiger partial charge in [-0.05, 0) is 49.9 Å². The number of nitrogens with zero attached hydrogens (tertiary/aromatic N) is 1. The SMILES string of the molecule is CC(C)CC(N)COc1ccc2c(c1)OCc1cnc(NC(=O)OC(C)C)cc1-2. The number of hydrogen-bond acceptors (Lipinski definition) is 6. The molecule has 1 unspecified atom stereocenters. The van der Waals surface area contributed by atoms with Gasteiger partial charge in [0, 0.05) is 29.4 Å². The molecule has 0 bridgehead atoms. The summed E-state index contributed by atoms with van der Waals surface area (Å²) in [5.41, 5.74) is 8.94. The van der Waals surface area contributed by atoms with E-state index in [1.165, 1.54) is 0 Å². The van der Waals surface area contributed by atoms with Crippen LogP contribution in [-0.4, -0.2) is 29.8 Å². The number of hydrogen-bond donors (Lipinski definition) is 2. The third kappa shape index (κ3) is 5.60. The lowest BCUT2D eigenvalue weighted by atomic mass is 9.98. The number of anilines is 1. The van der Waals surface area contributed by atoms with Crippen molar-refractivity contribution in [2.45, 2.75) is 52.9 Å². The molecule has 1 aromatic heterocycles. The molecule has 3 N–H and O–H groups in total. The first-order valence-electron chi connectivity index (χ1n) is 9.94. The third-order valence-corrected chi connectivity index (χ3v) is 4.42. The van der Waals surface area contributed by atoms with Gasteiger partial charge >= 0.3 is 6.09 Å². The van der Waals surface area contributed by atoms with Gasteiger partial charge in [-0.2, -0.15) is 0 Å². The van der Waals surface area contributed by atoms with Gasteiger partial charge in [-0.1, -0.05) is 13.8 Å². The van der Waals surface area contributed by atoms with E-state index in [-0.39, 0.29) is 12.1 Å². The number of aromatic nitrogens is 1. The maximum atomic E-state index is 11.9. The minimum absolute atomic E-state index is 0.00187. The van der Waals surface area contributed by atoms with Gasteiger partial charge in [0.05, 0.1) is 6.10 Å². The van der Waals surface area contributed by atoms with Gasteiger partial charge in [-0.3, -0.25) is 5.32 Å². The molecule has 0 saturated heterocycles. The molecule has 0 fully saturated rings. The normalized spacial score (nSPS) is 13.3. The molecule has 1 aromatic carbocycles. The van der Waals surface area contributed by atoms with E-state index in [2.05, 4.69) is 24.1 Å². The lowest BCUT2D eigenvalue weighted by molar-refractivity contribution is 0.130. The van der Waals surface area contributed by atoms with Crippen molar-refractivity contribution in [1.29, 1.82) is 0 Å². The summed E-state index contributed by atoms with van der Waals surface area (Å²) in [6.45, 7) is 8.74.